The number of rotatable bonds is 13. The lowest BCUT2D eigenvalue weighted by Crippen LogP contribution is -2.61. The minimum Gasteiger partial charge on any atom is -0.459 e. The lowest BCUT2D eigenvalue weighted by atomic mass is 9.98. The third-order valence-corrected chi connectivity index (χ3v) is 8.17. The van der Waals surface area contributed by atoms with Crippen molar-refractivity contribution < 1.29 is 33.3 Å². The number of hydrogen-bond acceptors (Lipinski definition) is 8. The smallest absolute Gasteiger partial charge is 0.338 e. The molecule has 0 N–H and O–H groups in total. The van der Waals surface area contributed by atoms with E-state index in [4.69, 9.17) is 23.7 Å². The van der Waals surface area contributed by atoms with E-state index in [1.807, 2.05) is 79.7 Å². The third-order valence-electron chi connectivity index (χ3n) is 7.13. The van der Waals surface area contributed by atoms with Crippen LogP contribution in [0, 0.1) is 0 Å². The first-order valence-electron chi connectivity index (χ1n) is 14.7. The van der Waals surface area contributed by atoms with E-state index in [2.05, 4.69) is 0 Å². The largest absolute Gasteiger partial charge is 0.459 e. The minimum absolute atomic E-state index is 0.0709. The lowest BCUT2D eigenvalue weighted by Gasteiger charge is -2.45. The fourth-order valence-electron chi connectivity index (χ4n) is 4.94. The first-order chi connectivity index (χ1) is 21.6. The number of carbonyl (C=O) groups is 2. The molecule has 4 aromatic carbocycles. The number of hydrogen-bond donors (Lipinski definition) is 0. The van der Waals surface area contributed by atoms with Crippen LogP contribution < -0.4 is 0 Å². The number of ether oxygens (including phenoxy) is 5. The molecule has 1 saturated heterocycles. The monoisotopic (exact) mass is 612 g/mol. The molecular weight excluding hydrogens is 576 g/mol. The van der Waals surface area contributed by atoms with E-state index in [9.17, 15) is 9.59 Å². The van der Waals surface area contributed by atoms with Crippen LogP contribution in [0.4, 0.5) is 0 Å². The van der Waals surface area contributed by atoms with Crippen LogP contribution in [0.2, 0.25) is 0 Å². The molecule has 1 fully saturated rings. The van der Waals surface area contributed by atoms with Crippen molar-refractivity contribution in [1.29, 1.82) is 0 Å². The van der Waals surface area contributed by atoms with Crippen LogP contribution in [0.25, 0.3) is 0 Å². The molecule has 1 heterocycles. The first-order valence-corrected chi connectivity index (χ1v) is 15.7. The average Bonchev–Trinajstić information content (AvgIpc) is 3.08. The van der Waals surface area contributed by atoms with E-state index < -0.39 is 41.8 Å². The summed E-state index contributed by atoms with van der Waals surface area (Å²) in [6.45, 7) is 2.45. The highest BCUT2D eigenvalue weighted by atomic mass is 32.2. The molecular formula is C36H36O7S. The van der Waals surface area contributed by atoms with Gasteiger partial charge < -0.3 is 23.7 Å². The summed E-state index contributed by atoms with van der Waals surface area (Å²) >= 11 is 1.50. The number of esters is 2. The van der Waals surface area contributed by atoms with Crippen molar-refractivity contribution in [2.24, 2.45) is 0 Å². The molecule has 0 radical (unpaired) electrons. The molecule has 1 aliphatic rings. The van der Waals surface area contributed by atoms with Gasteiger partial charge in [0.05, 0.1) is 24.3 Å². The molecule has 5 rings (SSSR count). The zero-order valence-corrected chi connectivity index (χ0v) is 25.3. The summed E-state index contributed by atoms with van der Waals surface area (Å²) in [6, 6.07) is 37.2. The van der Waals surface area contributed by atoms with Gasteiger partial charge in [0.2, 0.25) is 0 Å². The first kappa shape index (κ1) is 31.5. The van der Waals surface area contributed by atoms with Crippen LogP contribution in [0.15, 0.2) is 121 Å². The third kappa shape index (κ3) is 8.57. The highest BCUT2D eigenvalue weighted by Crippen LogP contribution is 2.35. The lowest BCUT2D eigenvalue weighted by molar-refractivity contribution is -0.239. The fourth-order valence-corrected chi connectivity index (χ4v) is 5.89. The number of thioether (sulfide) groups is 1. The van der Waals surface area contributed by atoms with E-state index >= 15 is 0 Å². The van der Waals surface area contributed by atoms with Crippen LogP contribution >= 0.6 is 11.8 Å². The predicted octanol–water partition coefficient (Wildman–Crippen LogP) is 6.72. The Bertz CT molecular complexity index is 1440. The SMILES string of the molecule is CCS[C@@H]1OC(COC(=O)c2ccccc2)[C@H](OCc2ccccc2)[C@H](OCc2ccccc2)C1OC(=O)c1ccccc1. The summed E-state index contributed by atoms with van der Waals surface area (Å²) in [4.78, 5) is 26.3. The second kappa shape index (κ2) is 16.2. The molecule has 0 aliphatic carbocycles. The van der Waals surface area contributed by atoms with Gasteiger partial charge in [-0.3, -0.25) is 0 Å². The maximum absolute atomic E-state index is 13.4. The van der Waals surface area contributed by atoms with Gasteiger partial charge in [-0.1, -0.05) is 104 Å². The summed E-state index contributed by atoms with van der Waals surface area (Å²) in [6.07, 6.45) is -2.96. The quantitative estimate of drug-likeness (QED) is 0.154. The zero-order chi connectivity index (χ0) is 30.6. The summed E-state index contributed by atoms with van der Waals surface area (Å²) < 4.78 is 31.6. The Morgan fingerprint density at radius 2 is 1.11 bits per heavy atom. The van der Waals surface area contributed by atoms with Gasteiger partial charge in [-0.25, -0.2) is 9.59 Å². The topological polar surface area (TPSA) is 80.3 Å². The second-order valence-electron chi connectivity index (χ2n) is 10.2. The van der Waals surface area contributed by atoms with Crippen LogP contribution in [-0.2, 0) is 36.9 Å². The molecule has 7 nitrogen and oxygen atoms in total. The Morgan fingerprint density at radius 3 is 1.64 bits per heavy atom. The Kier molecular flexibility index (Phi) is 11.6. The highest BCUT2D eigenvalue weighted by Gasteiger charge is 2.50. The normalized spacial score (nSPS) is 21.3. The summed E-state index contributed by atoms with van der Waals surface area (Å²) in [5.74, 6) is -0.248. The average molecular weight is 613 g/mol. The fraction of sp³-hybridized carbons (Fsp3) is 0.278. The van der Waals surface area contributed by atoms with Crippen molar-refractivity contribution in [3.63, 3.8) is 0 Å². The Morgan fingerprint density at radius 1 is 0.636 bits per heavy atom. The van der Waals surface area contributed by atoms with Gasteiger partial charge in [0.25, 0.3) is 0 Å². The van der Waals surface area contributed by atoms with Crippen molar-refractivity contribution in [2.75, 3.05) is 12.4 Å². The molecule has 5 atom stereocenters. The molecule has 0 bridgehead atoms. The van der Waals surface area contributed by atoms with Gasteiger partial charge in [-0.2, -0.15) is 0 Å². The van der Waals surface area contributed by atoms with Crippen LogP contribution in [0.1, 0.15) is 38.8 Å². The number of benzene rings is 4. The van der Waals surface area contributed by atoms with E-state index in [1.54, 1.807) is 48.5 Å². The summed E-state index contributed by atoms with van der Waals surface area (Å²) in [7, 11) is 0. The van der Waals surface area contributed by atoms with E-state index in [0.717, 1.165) is 11.1 Å². The molecule has 8 heteroatoms. The van der Waals surface area contributed by atoms with Gasteiger partial charge in [0, 0.05) is 0 Å². The van der Waals surface area contributed by atoms with Crippen molar-refractivity contribution in [3.05, 3.63) is 144 Å². The zero-order valence-electron chi connectivity index (χ0n) is 24.5. The van der Waals surface area contributed by atoms with E-state index in [0.29, 0.717) is 16.9 Å². The molecule has 0 spiro atoms. The Labute approximate surface area is 262 Å². The Hall–Kier alpha value is -3.95. The molecule has 44 heavy (non-hydrogen) atoms. The van der Waals surface area contributed by atoms with Crippen molar-refractivity contribution in [3.8, 4) is 0 Å². The van der Waals surface area contributed by atoms with E-state index in [-0.39, 0.29) is 19.8 Å². The van der Waals surface area contributed by atoms with Gasteiger partial charge >= 0.3 is 11.9 Å². The van der Waals surface area contributed by atoms with Crippen LogP contribution in [-0.4, -0.2) is 54.2 Å². The van der Waals surface area contributed by atoms with E-state index in [1.165, 1.54) is 11.8 Å². The molecule has 0 saturated carbocycles. The molecule has 2 unspecified atom stereocenters. The standard InChI is InChI=1S/C36H36O7S/c1-2-44-36-33(43-35(38)29-21-13-6-14-22-29)32(40-24-27-17-9-4-10-18-27)31(39-23-26-15-7-3-8-16-26)30(42-36)25-41-34(37)28-19-11-5-12-20-28/h3-22,30-33,36H,2,23-25H2,1H3/t30?,31-,32-,33?,36-/m0/s1. The maximum Gasteiger partial charge on any atom is 0.338 e. The molecule has 228 valence electrons. The van der Waals surface area contributed by atoms with Gasteiger partial charge in [-0.15, -0.1) is 11.8 Å². The maximum atomic E-state index is 13.4. The van der Waals surface area contributed by atoms with Gasteiger partial charge in [-0.05, 0) is 41.1 Å². The van der Waals surface area contributed by atoms with Crippen molar-refractivity contribution in [2.45, 2.75) is 50.0 Å². The highest BCUT2D eigenvalue weighted by molar-refractivity contribution is 7.99. The second-order valence-corrected chi connectivity index (χ2v) is 11.6. The number of carbonyl (C=O) groups excluding carboxylic acids is 2. The molecule has 4 aromatic rings. The van der Waals surface area contributed by atoms with Crippen molar-refractivity contribution >= 4 is 23.7 Å². The minimum atomic E-state index is -0.807. The Balaban J connectivity index is 1.45. The van der Waals surface area contributed by atoms with Gasteiger partial charge in [0.1, 0.15) is 30.4 Å². The molecule has 0 amide bonds. The van der Waals surface area contributed by atoms with Gasteiger partial charge in [0.15, 0.2) is 6.10 Å². The predicted molar refractivity (Wildman–Crippen MR) is 169 cm³/mol. The van der Waals surface area contributed by atoms with Crippen molar-refractivity contribution in [1.82, 2.24) is 0 Å². The molecule has 0 aromatic heterocycles. The van der Waals surface area contributed by atoms with Crippen LogP contribution in [0.3, 0.4) is 0 Å². The summed E-state index contributed by atoms with van der Waals surface area (Å²) in [5, 5.41) is 0. The van der Waals surface area contributed by atoms with Crippen LogP contribution in [0.5, 0.6) is 0 Å². The summed E-state index contributed by atoms with van der Waals surface area (Å²) in [5.41, 5.74) is 2.19. The molecule has 1 aliphatic heterocycles.